The first-order chi connectivity index (χ1) is 13.8. The third kappa shape index (κ3) is 4.98. The average molecular weight is 482 g/mol. The Morgan fingerprint density at radius 1 is 1.10 bits per heavy atom. The van der Waals surface area contributed by atoms with Crippen LogP contribution in [-0.4, -0.2) is 70.4 Å². The van der Waals surface area contributed by atoms with Crippen LogP contribution in [0.5, 0.6) is 5.75 Å². The first kappa shape index (κ1) is 21.8. The molecule has 1 saturated heterocycles. The van der Waals surface area contributed by atoms with Crippen LogP contribution in [0.1, 0.15) is 0 Å². The van der Waals surface area contributed by atoms with Crippen molar-refractivity contribution in [1.82, 2.24) is 9.21 Å². The molecule has 0 aliphatic carbocycles. The second kappa shape index (κ2) is 9.25. The van der Waals surface area contributed by atoms with Crippen LogP contribution in [0, 0.1) is 0 Å². The number of anilines is 1. The molecule has 0 saturated carbocycles. The van der Waals surface area contributed by atoms with Gasteiger partial charge in [0.25, 0.3) is 0 Å². The number of likely N-dealkylation sites (N-methyl/N-ethyl adjacent to an activating group) is 1. The Hall–Kier alpha value is -1.94. The fourth-order valence-electron chi connectivity index (χ4n) is 3.21. The van der Waals surface area contributed by atoms with E-state index in [2.05, 4.69) is 15.9 Å². The van der Waals surface area contributed by atoms with Crippen LogP contribution in [0.4, 0.5) is 5.69 Å². The van der Waals surface area contributed by atoms with E-state index >= 15 is 0 Å². The van der Waals surface area contributed by atoms with E-state index in [9.17, 15) is 13.2 Å². The van der Waals surface area contributed by atoms with Gasteiger partial charge in [-0.3, -0.25) is 9.69 Å². The van der Waals surface area contributed by atoms with Crippen molar-refractivity contribution in [3.8, 4) is 5.75 Å². The minimum atomic E-state index is -3.68. The summed E-state index contributed by atoms with van der Waals surface area (Å²) in [6, 6.07) is 14.4. The number of ether oxygens (including phenoxy) is 1. The molecule has 3 rings (SSSR count). The molecule has 29 heavy (non-hydrogen) atoms. The molecule has 1 aliphatic rings. The van der Waals surface area contributed by atoms with Gasteiger partial charge < -0.3 is 9.64 Å². The highest BCUT2D eigenvalue weighted by Crippen LogP contribution is 2.30. The summed E-state index contributed by atoms with van der Waals surface area (Å²) in [5.41, 5.74) is 0.834. The number of methoxy groups -OCH3 is 1. The van der Waals surface area contributed by atoms with Crippen LogP contribution in [0.2, 0.25) is 0 Å². The largest absolute Gasteiger partial charge is 0.495 e. The fraction of sp³-hybridized carbons (Fsp3) is 0.350. The van der Waals surface area contributed by atoms with Crippen LogP contribution in [0.25, 0.3) is 0 Å². The van der Waals surface area contributed by atoms with Crippen molar-refractivity contribution in [2.24, 2.45) is 0 Å². The predicted octanol–water partition coefficient (Wildman–Crippen LogP) is 2.43. The Balaban J connectivity index is 1.63. The van der Waals surface area contributed by atoms with Crippen molar-refractivity contribution >= 4 is 37.5 Å². The number of piperazine rings is 1. The van der Waals surface area contributed by atoms with E-state index in [1.54, 1.807) is 30.1 Å². The maximum Gasteiger partial charge on any atom is 0.246 e. The number of benzene rings is 2. The molecule has 0 radical (unpaired) electrons. The molecule has 0 bridgehead atoms. The summed E-state index contributed by atoms with van der Waals surface area (Å²) in [6.07, 6.45) is 0. The Morgan fingerprint density at radius 3 is 2.38 bits per heavy atom. The first-order valence-corrected chi connectivity index (χ1v) is 11.4. The lowest BCUT2D eigenvalue weighted by Crippen LogP contribution is -2.51. The van der Waals surface area contributed by atoms with Crippen molar-refractivity contribution in [2.75, 3.05) is 51.8 Å². The lowest BCUT2D eigenvalue weighted by atomic mass is 10.3. The van der Waals surface area contributed by atoms with Crippen LogP contribution in [0.3, 0.4) is 0 Å². The first-order valence-electron chi connectivity index (χ1n) is 9.20. The van der Waals surface area contributed by atoms with Crippen molar-refractivity contribution in [2.45, 2.75) is 4.90 Å². The minimum absolute atomic E-state index is 0.0267. The van der Waals surface area contributed by atoms with Crippen LogP contribution < -0.4 is 9.64 Å². The molecule has 1 heterocycles. The standard InChI is InChI=1S/C20H24BrN3O4S/c1-22(17-6-4-3-5-7-17)20(25)15-23-10-12-24(13-11-23)29(26,27)19-14-16(21)8-9-18(19)28-2/h3-9,14H,10-13,15H2,1-2H3. The molecule has 0 N–H and O–H groups in total. The zero-order valence-electron chi connectivity index (χ0n) is 16.4. The smallest absolute Gasteiger partial charge is 0.246 e. The van der Waals surface area contributed by atoms with Gasteiger partial charge in [-0.2, -0.15) is 4.31 Å². The van der Waals surface area contributed by atoms with Gasteiger partial charge in [0.05, 0.1) is 13.7 Å². The molecule has 2 aromatic carbocycles. The summed E-state index contributed by atoms with van der Waals surface area (Å²) in [7, 11) is -0.481. The van der Waals surface area contributed by atoms with Crippen molar-refractivity contribution in [3.05, 3.63) is 53.0 Å². The number of nitrogens with zero attached hydrogens (tertiary/aromatic N) is 3. The maximum absolute atomic E-state index is 13.1. The van der Waals surface area contributed by atoms with E-state index in [0.29, 0.717) is 36.4 Å². The highest BCUT2D eigenvalue weighted by atomic mass is 79.9. The predicted molar refractivity (Wildman–Crippen MR) is 116 cm³/mol. The van der Waals surface area contributed by atoms with Crippen LogP contribution >= 0.6 is 15.9 Å². The molecular formula is C20H24BrN3O4S. The lowest BCUT2D eigenvalue weighted by Gasteiger charge is -2.34. The number of rotatable bonds is 6. The Labute approximate surface area is 180 Å². The van der Waals surface area contributed by atoms with E-state index in [4.69, 9.17) is 4.74 Å². The third-order valence-corrected chi connectivity index (χ3v) is 7.36. The highest BCUT2D eigenvalue weighted by Gasteiger charge is 2.31. The lowest BCUT2D eigenvalue weighted by molar-refractivity contribution is -0.119. The average Bonchev–Trinajstić information content (AvgIpc) is 2.74. The van der Waals surface area contributed by atoms with Crippen LogP contribution in [-0.2, 0) is 14.8 Å². The van der Waals surface area contributed by atoms with Gasteiger partial charge in [-0.1, -0.05) is 34.1 Å². The number of carbonyl (C=O) groups excluding carboxylic acids is 1. The summed E-state index contributed by atoms with van der Waals surface area (Å²) in [6.45, 7) is 1.87. The molecule has 0 unspecified atom stereocenters. The quantitative estimate of drug-likeness (QED) is 0.633. The summed E-state index contributed by atoms with van der Waals surface area (Å²) >= 11 is 3.32. The zero-order chi connectivity index (χ0) is 21.0. The number of para-hydroxylation sites is 1. The summed E-state index contributed by atoms with van der Waals surface area (Å²) in [4.78, 5) is 16.3. The van der Waals surface area contributed by atoms with E-state index in [-0.39, 0.29) is 17.3 Å². The van der Waals surface area contributed by atoms with Gasteiger partial charge in [-0.05, 0) is 30.3 Å². The van der Waals surface area contributed by atoms with Gasteiger partial charge in [-0.25, -0.2) is 8.42 Å². The summed E-state index contributed by atoms with van der Waals surface area (Å²) in [5, 5.41) is 0. The molecule has 9 heteroatoms. The van der Waals surface area contributed by atoms with Crippen molar-refractivity contribution < 1.29 is 17.9 Å². The number of amides is 1. The van der Waals surface area contributed by atoms with Gasteiger partial charge in [0.1, 0.15) is 10.6 Å². The second-order valence-corrected chi connectivity index (χ2v) is 9.59. The van der Waals surface area contributed by atoms with E-state index in [0.717, 1.165) is 5.69 Å². The molecule has 1 aliphatic heterocycles. The molecule has 1 fully saturated rings. The summed E-state index contributed by atoms with van der Waals surface area (Å²) in [5.74, 6) is 0.288. The molecule has 0 spiro atoms. The molecule has 156 valence electrons. The molecule has 1 amide bonds. The van der Waals surface area contributed by atoms with Gasteiger partial charge in [0.2, 0.25) is 15.9 Å². The zero-order valence-corrected chi connectivity index (χ0v) is 18.8. The fourth-order valence-corrected chi connectivity index (χ4v) is 5.33. The topological polar surface area (TPSA) is 70.2 Å². The minimum Gasteiger partial charge on any atom is -0.495 e. The SMILES string of the molecule is COc1ccc(Br)cc1S(=O)(=O)N1CCN(CC(=O)N(C)c2ccccc2)CC1. The Morgan fingerprint density at radius 2 is 1.76 bits per heavy atom. The van der Waals surface area contributed by atoms with Gasteiger partial charge in [0, 0.05) is 43.4 Å². The molecule has 7 nitrogen and oxygen atoms in total. The number of carbonyl (C=O) groups is 1. The number of hydrogen-bond acceptors (Lipinski definition) is 5. The molecule has 2 aromatic rings. The van der Waals surface area contributed by atoms with Gasteiger partial charge >= 0.3 is 0 Å². The molecule has 0 atom stereocenters. The van der Waals surface area contributed by atoms with Crippen LogP contribution in [0.15, 0.2) is 57.9 Å². The third-order valence-electron chi connectivity index (χ3n) is 4.95. The Kier molecular flexibility index (Phi) is 6.94. The highest BCUT2D eigenvalue weighted by molar-refractivity contribution is 9.10. The number of halogens is 1. The van der Waals surface area contributed by atoms with Crippen molar-refractivity contribution in [1.29, 1.82) is 0 Å². The van der Waals surface area contributed by atoms with E-state index in [1.165, 1.54) is 11.4 Å². The monoisotopic (exact) mass is 481 g/mol. The van der Waals surface area contributed by atoms with Crippen molar-refractivity contribution in [3.63, 3.8) is 0 Å². The Bertz CT molecular complexity index is 961. The summed E-state index contributed by atoms with van der Waals surface area (Å²) < 4.78 is 33.5. The van der Waals surface area contributed by atoms with E-state index < -0.39 is 10.0 Å². The van der Waals surface area contributed by atoms with Gasteiger partial charge in [-0.15, -0.1) is 0 Å². The number of hydrogen-bond donors (Lipinski definition) is 0. The normalized spacial score (nSPS) is 15.8. The number of sulfonamides is 1. The van der Waals surface area contributed by atoms with E-state index in [1.807, 2.05) is 35.2 Å². The molecule has 0 aromatic heterocycles. The van der Waals surface area contributed by atoms with Gasteiger partial charge in [0.15, 0.2) is 0 Å². The maximum atomic E-state index is 13.1. The molecular weight excluding hydrogens is 458 g/mol. The second-order valence-electron chi connectivity index (χ2n) is 6.76.